The molecule has 3 aromatic carbocycles. The number of hydrogen-bond donors (Lipinski definition) is 1. The molecule has 5 rings (SSSR count). The average Bonchev–Trinajstić information content (AvgIpc) is 2.90. The number of ether oxygens (including phenoxy) is 1. The molecule has 0 unspecified atom stereocenters. The van der Waals surface area contributed by atoms with Gasteiger partial charge in [-0.2, -0.15) is 4.72 Å². The summed E-state index contributed by atoms with van der Waals surface area (Å²) in [5.74, 6) is -0.600. The highest BCUT2D eigenvalue weighted by atomic mass is 32.2. The largest absolute Gasteiger partial charge is 0.425 e. The van der Waals surface area contributed by atoms with Gasteiger partial charge < -0.3 is 9.15 Å². The van der Waals surface area contributed by atoms with Crippen LogP contribution in [0.25, 0.3) is 11.0 Å². The van der Waals surface area contributed by atoms with Crippen molar-refractivity contribution in [3.8, 4) is 5.75 Å². The first-order valence-electron chi connectivity index (χ1n) is 12.2. The third-order valence-corrected chi connectivity index (χ3v) is 8.21. The lowest BCUT2D eigenvalue weighted by Crippen LogP contribution is -2.36. The molecule has 1 atom stereocenters. The van der Waals surface area contributed by atoms with Crippen LogP contribution in [0.4, 0.5) is 0 Å². The highest BCUT2D eigenvalue weighted by Gasteiger charge is 2.30. The molecule has 37 heavy (non-hydrogen) atoms. The van der Waals surface area contributed by atoms with Crippen LogP contribution in [0.15, 0.2) is 80.8 Å². The number of aryl methyl sites for hydroxylation is 3. The van der Waals surface area contributed by atoms with Gasteiger partial charge in [0.05, 0.1) is 4.90 Å². The summed E-state index contributed by atoms with van der Waals surface area (Å²) in [6.45, 7) is 3.58. The van der Waals surface area contributed by atoms with E-state index in [2.05, 4.69) is 4.72 Å². The number of hydrogen-bond acceptors (Lipinski definition) is 6. The Morgan fingerprint density at radius 2 is 1.59 bits per heavy atom. The van der Waals surface area contributed by atoms with Gasteiger partial charge in [-0.3, -0.25) is 0 Å². The highest BCUT2D eigenvalue weighted by Crippen LogP contribution is 2.33. The van der Waals surface area contributed by atoms with Crippen LogP contribution in [0, 0.1) is 13.8 Å². The molecular formula is C29H27NO6S. The number of rotatable bonds is 6. The fraction of sp³-hybridized carbons (Fsp3) is 0.241. The van der Waals surface area contributed by atoms with Gasteiger partial charge in [0.15, 0.2) is 0 Å². The number of carbonyl (C=O) groups excluding carboxylic acids is 1. The van der Waals surface area contributed by atoms with E-state index in [-0.39, 0.29) is 16.3 Å². The zero-order valence-electron chi connectivity index (χ0n) is 20.6. The van der Waals surface area contributed by atoms with Crippen LogP contribution in [0.2, 0.25) is 0 Å². The summed E-state index contributed by atoms with van der Waals surface area (Å²) in [6.07, 6.45) is 3.45. The van der Waals surface area contributed by atoms with E-state index in [0.717, 1.165) is 41.3 Å². The Hall–Kier alpha value is -3.75. The molecule has 1 aromatic heterocycles. The van der Waals surface area contributed by atoms with Crippen molar-refractivity contribution in [3.05, 3.63) is 105 Å². The van der Waals surface area contributed by atoms with Gasteiger partial charge in [0, 0.05) is 16.5 Å². The standard InChI is InChI=1S/C29H27NO6S/c1-18-12-14-21(15-13-18)37(33,34)30-26(20-8-4-3-5-9-20)29(32)35-25-17-16-23-22-10-6-7-11-24(22)28(31)36-27(23)19(25)2/h3-5,8-9,12-17,26,30H,6-7,10-11H2,1-2H3/t26-/m0/s1. The number of nitrogens with one attached hydrogen (secondary N) is 1. The van der Waals surface area contributed by atoms with Crippen LogP contribution in [0.3, 0.4) is 0 Å². The molecule has 0 bridgehead atoms. The Balaban J connectivity index is 1.50. The third kappa shape index (κ3) is 4.95. The molecule has 0 amide bonds. The normalized spacial score (nSPS) is 14.2. The first-order chi connectivity index (χ1) is 17.7. The zero-order chi connectivity index (χ0) is 26.2. The van der Waals surface area contributed by atoms with E-state index in [4.69, 9.17) is 9.15 Å². The van der Waals surface area contributed by atoms with Gasteiger partial charge in [-0.15, -0.1) is 0 Å². The fourth-order valence-electron chi connectivity index (χ4n) is 4.74. The van der Waals surface area contributed by atoms with Crippen molar-refractivity contribution in [1.29, 1.82) is 0 Å². The first-order valence-corrected chi connectivity index (χ1v) is 13.7. The summed E-state index contributed by atoms with van der Waals surface area (Å²) in [6, 6.07) is 17.0. The second-order valence-electron chi connectivity index (χ2n) is 9.32. The lowest BCUT2D eigenvalue weighted by molar-refractivity contribution is -0.136. The van der Waals surface area contributed by atoms with E-state index in [0.29, 0.717) is 23.1 Å². The van der Waals surface area contributed by atoms with E-state index in [1.54, 1.807) is 61.5 Å². The second kappa shape index (κ2) is 9.95. The summed E-state index contributed by atoms with van der Waals surface area (Å²) in [4.78, 5) is 26.1. The number of sulfonamides is 1. The molecule has 8 heteroatoms. The van der Waals surface area contributed by atoms with Crippen LogP contribution in [0.5, 0.6) is 5.75 Å². The van der Waals surface area contributed by atoms with Crippen LogP contribution in [0.1, 0.15) is 46.7 Å². The van der Waals surface area contributed by atoms with E-state index in [9.17, 15) is 18.0 Å². The number of carbonyl (C=O) groups is 1. The maximum Gasteiger partial charge on any atom is 0.339 e. The van der Waals surface area contributed by atoms with Crippen LogP contribution >= 0.6 is 0 Å². The zero-order valence-corrected chi connectivity index (χ0v) is 21.4. The molecule has 1 heterocycles. The summed E-state index contributed by atoms with van der Waals surface area (Å²) in [7, 11) is -4.03. The van der Waals surface area contributed by atoms with Gasteiger partial charge in [-0.05, 0) is 74.9 Å². The predicted octanol–water partition coefficient (Wildman–Crippen LogP) is 4.91. The minimum Gasteiger partial charge on any atom is -0.425 e. The predicted molar refractivity (Wildman–Crippen MR) is 140 cm³/mol. The summed E-state index contributed by atoms with van der Waals surface area (Å²) in [5.41, 5.74) is 3.59. The molecule has 0 saturated heterocycles. The molecule has 1 aliphatic rings. The minimum atomic E-state index is -4.03. The molecule has 0 spiro atoms. The molecule has 7 nitrogen and oxygen atoms in total. The lowest BCUT2D eigenvalue weighted by atomic mass is 9.90. The smallest absolute Gasteiger partial charge is 0.339 e. The maximum atomic E-state index is 13.4. The minimum absolute atomic E-state index is 0.0419. The van der Waals surface area contributed by atoms with Gasteiger partial charge in [-0.25, -0.2) is 18.0 Å². The van der Waals surface area contributed by atoms with Crippen molar-refractivity contribution in [2.75, 3.05) is 0 Å². The molecule has 0 radical (unpaired) electrons. The van der Waals surface area contributed by atoms with E-state index >= 15 is 0 Å². The SMILES string of the molecule is Cc1ccc(S(=O)(=O)N[C@H](C(=O)Oc2ccc3c4c(c(=O)oc3c2C)CCCC4)c2ccccc2)cc1. The first kappa shape index (κ1) is 24.9. The van der Waals surface area contributed by atoms with E-state index in [1.165, 1.54) is 12.1 Å². The van der Waals surface area contributed by atoms with E-state index in [1.807, 2.05) is 6.92 Å². The Morgan fingerprint density at radius 1 is 0.919 bits per heavy atom. The summed E-state index contributed by atoms with van der Waals surface area (Å²) in [5, 5.41) is 0.839. The monoisotopic (exact) mass is 517 g/mol. The van der Waals surface area contributed by atoms with Gasteiger partial charge in [-0.1, -0.05) is 48.0 Å². The van der Waals surface area contributed by atoms with Crippen molar-refractivity contribution < 1.29 is 22.4 Å². The highest BCUT2D eigenvalue weighted by molar-refractivity contribution is 7.89. The summed E-state index contributed by atoms with van der Waals surface area (Å²) < 4.78 is 40.1. The van der Waals surface area contributed by atoms with Gasteiger partial charge in [0.2, 0.25) is 10.0 Å². The van der Waals surface area contributed by atoms with Crippen molar-refractivity contribution in [2.24, 2.45) is 0 Å². The Labute approximate surface area is 215 Å². The fourth-order valence-corrected chi connectivity index (χ4v) is 5.91. The number of fused-ring (bicyclic) bond motifs is 3. The lowest BCUT2D eigenvalue weighted by Gasteiger charge is -2.20. The second-order valence-corrected chi connectivity index (χ2v) is 11.0. The molecule has 190 valence electrons. The molecule has 0 saturated carbocycles. The number of benzene rings is 3. The van der Waals surface area contributed by atoms with Crippen LogP contribution in [-0.2, 0) is 27.7 Å². The summed E-state index contributed by atoms with van der Waals surface area (Å²) >= 11 is 0. The Morgan fingerprint density at radius 3 is 2.30 bits per heavy atom. The van der Waals surface area contributed by atoms with Crippen LogP contribution in [-0.4, -0.2) is 14.4 Å². The topological polar surface area (TPSA) is 103 Å². The van der Waals surface area contributed by atoms with E-state index < -0.39 is 22.0 Å². The van der Waals surface area contributed by atoms with Crippen LogP contribution < -0.4 is 15.1 Å². The maximum absolute atomic E-state index is 13.4. The van der Waals surface area contributed by atoms with Crippen molar-refractivity contribution >= 4 is 27.0 Å². The molecule has 1 N–H and O–H groups in total. The molecule has 0 aliphatic heterocycles. The van der Waals surface area contributed by atoms with Gasteiger partial charge in [0.1, 0.15) is 17.4 Å². The van der Waals surface area contributed by atoms with Gasteiger partial charge in [0.25, 0.3) is 0 Å². The Bertz CT molecular complexity index is 1640. The van der Waals surface area contributed by atoms with Gasteiger partial charge >= 0.3 is 11.6 Å². The molecule has 0 fully saturated rings. The van der Waals surface area contributed by atoms with Crippen molar-refractivity contribution in [1.82, 2.24) is 4.72 Å². The quantitative estimate of drug-likeness (QED) is 0.221. The molecule has 4 aromatic rings. The number of esters is 1. The molecular weight excluding hydrogens is 490 g/mol. The third-order valence-electron chi connectivity index (χ3n) is 6.77. The Kier molecular flexibility index (Phi) is 6.70. The van der Waals surface area contributed by atoms with Crippen molar-refractivity contribution in [3.63, 3.8) is 0 Å². The average molecular weight is 518 g/mol. The molecule has 1 aliphatic carbocycles. The van der Waals surface area contributed by atoms with Crippen molar-refractivity contribution in [2.45, 2.75) is 50.5 Å².